The van der Waals surface area contributed by atoms with Crippen LogP contribution in [0.15, 0.2) is 18.2 Å². The minimum absolute atomic E-state index is 0.0975. The van der Waals surface area contributed by atoms with Crippen molar-refractivity contribution in [3.8, 4) is 0 Å². The molecule has 0 aromatic heterocycles. The van der Waals surface area contributed by atoms with Gasteiger partial charge in [0.15, 0.2) is 0 Å². The molecule has 0 saturated carbocycles. The number of cyclic esters (lactones) is 1. The predicted octanol–water partition coefficient (Wildman–Crippen LogP) is 4.27. The molecule has 1 saturated heterocycles. The summed E-state index contributed by atoms with van der Waals surface area (Å²) >= 11 is 0. The smallest absolute Gasteiger partial charge is 0.416 e. The lowest BCUT2D eigenvalue weighted by molar-refractivity contribution is -0.155. The largest absolute Gasteiger partial charge is 0.460 e. The van der Waals surface area contributed by atoms with Crippen molar-refractivity contribution >= 4 is 18.0 Å². The first-order valence-electron chi connectivity index (χ1n) is 9.82. The van der Waals surface area contributed by atoms with Gasteiger partial charge in [-0.25, -0.2) is 9.69 Å². The number of esters is 1. The summed E-state index contributed by atoms with van der Waals surface area (Å²) < 4.78 is 10.5. The molecule has 1 aliphatic rings. The molecule has 2 amide bonds. The number of imide groups is 1. The lowest BCUT2D eigenvalue weighted by Crippen LogP contribution is -2.41. The molecule has 1 aromatic rings. The number of rotatable bonds is 6. The molecule has 0 N–H and O–H groups in total. The zero-order valence-corrected chi connectivity index (χ0v) is 17.7. The van der Waals surface area contributed by atoms with Crippen molar-refractivity contribution in [1.29, 1.82) is 0 Å². The molecular weight excluding hydrogens is 358 g/mol. The Labute approximate surface area is 167 Å². The minimum atomic E-state index is -0.608. The molecule has 28 heavy (non-hydrogen) atoms. The summed E-state index contributed by atoms with van der Waals surface area (Å²) in [6.07, 6.45) is 0.392. The quantitative estimate of drug-likeness (QED) is 0.680. The van der Waals surface area contributed by atoms with Crippen molar-refractivity contribution in [3.63, 3.8) is 0 Å². The van der Waals surface area contributed by atoms with Crippen LogP contribution in [-0.2, 0) is 19.1 Å². The van der Waals surface area contributed by atoms with Crippen LogP contribution < -0.4 is 0 Å². The van der Waals surface area contributed by atoms with Crippen LogP contribution in [0.5, 0.6) is 0 Å². The molecule has 6 nitrogen and oxygen atoms in total. The van der Waals surface area contributed by atoms with Crippen LogP contribution in [0.1, 0.15) is 69.6 Å². The lowest BCUT2D eigenvalue weighted by Gasteiger charge is -2.25. The first-order valence-corrected chi connectivity index (χ1v) is 9.82. The molecule has 1 fully saturated rings. The fourth-order valence-electron chi connectivity index (χ4n) is 3.27. The van der Waals surface area contributed by atoms with Crippen molar-refractivity contribution in [2.24, 2.45) is 0 Å². The lowest BCUT2D eigenvalue weighted by atomic mass is 9.90. The van der Waals surface area contributed by atoms with Gasteiger partial charge < -0.3 is 9.47 Å². The molecule has 1 aliphatic heterocycles. The van der Waals surface area contributed by atoms with Gasteiger partial charge in [-0.3, -0.25) is 9.59 Å². The van der Waals surface area contributed by atoms with E-state index in [1.807, 2.05) is 59.7 Å². The zero-order chi connectivity index (χ0) is 21.1. The highest BCUT2D eigenvalue weighted by atomic mass is 16.6. The Morgan fingerprint density at radius 1 is 1.25 bits per heavy atom. The Morgan fingerprint density at radius 2 is 1.93 bits per heavy atom. The number of benzene rings is 1. The summed E-state index contributed by atoms with van der Waals surface area (Å²) in [7, 11) is 0. The molecule has 0 radical (unpaired) electrons. The first kappa shape index (κ1) is 21.9. The number of carbonyl (C=O) groups excluding carboxylic acids is 3. The highest BCUT2D eigenvalue weighted by Gasteiger charge is 2.40. The van der Waals surface area contributed by atoms with Gasteiger partial charge in [0.25, 0.3) is 0 Å². The predicted molar refractivity (Wildman–Crippen MR) is 106 cm³/mol. The summed E-state index contributed by atoms with van der Waals surface area (Å²) in [4.78, 5) is 38.9. The van der Waals surface area contributed by atoms with E-state index in [2.05, 4.69) is 0 Å². The second kappa shape index (κ2) is 8.76. The maximum Gasteiger partial charge on any atom is 0.416 e. The van der Waals surface area contributed by atoms with Crippen molar-refractivity contribution < 1.29 is 23.9 Å². The fraction of sp³-hybridized carbons (Fsp3) is 0.591. The summed E-state index contributed by atoms with van der Waals surface area (Å²) in [5.74, 6) is -1.28. The van der Waals surface area contributed by atoms with E-state index in [-0.39, 0.29) is 37.4 Å². The van der Waals surface area contributed by atoms with Crippen molar-refractivity contribution in [2.75, 3.05) is 6.61 Å². The van der Waals surface area contributed by atoms with Gasteiger partial charge in [-0.15, -0.1) is 0 Å². The number of hydrogen-bond donors (Lipinski definition) is 0. The average Bonchev–Trinajstić information content (AvgIpc) is 2.97. The SMILES string of the molecule is CC[C@H]1COC(=O)N1C(=O)[C@@H](CCC(=O)OC(C)(C)C)c1ccc(C)c(C)c1. The Kier molecular flexibility index (Phi) is 6.86. The minimum Gasteiger partial charge on any atom is -0.460 e. The van der Waals surface area contributed by atoms with E-state index in [4.69, 9.17) is 9.47 Å². The molecule has 0 unspecified atom stereocenters. The van der Waals surface area contributed by atoms with Gasteiger partial charge in [0.1, 0.15) is 12.2 Å². The second-order valence-electron chi connectivity index (χ2n) is 8.37. The molecule has 0 aliphatic carbocycles. The van der Waals surface area contributed by atoms with Crippen LogP contribution in [0.25, 0.3) is 0 Å². The van der Waals surface area contributed by atoms with Gasteiger partial charge in [0.05, 0.1) is 12.0 Å². The van der Waals surface area contributed by atoms with Gasteiger partial charge in [0.2, 0.25) is 5.91 Å². The summed E-state index contributed by atoms with van der Waals surface area (Å²) in [6.45, 7) is 11.5. The molecule has 6 heteroatoms. The van der Waals surface area contributed by atoms with Crippen LogP contribution in [-0.4, -0.2) is 41.1 Å². The summed E-state index contributed by atoms with van der Waals surface area (Å²) in [5.41, 5.74) is 2.40. The number of nitrogens with zero attached hydrogens (tertiary/aromatic N) is 1. The highest BCUT2D eigenvalue weighted by Crippen LogP contribution is 2.29. The molecule has 0 spiro atoms. The van der Waals surface area contributed by atoms with Gasteiger partial charge in [-0.05, 0) is 64.2 Å². The van der Waals surface area contributed by atoms with Gasteiger partial charge in [-0.2, -0.15) is 0 Å². The standard InChI is InChI=1S/C22H31NO5/c1-7-17-13-27-21(26)23(17)20(25)18(10-11-19(24)28-22(4,5)6)16-9-8-14(2)15(3)12-16/h8-9,12,17-18H,7,10-11,13H2,1-6H3/t17-,18-/m0/s1. The summed E-state index contributed by atoms with van der Waals surface area (Å²) in [5, 5.41) is 0. The third kappa shape index (κ3) is 5.33. The highest BCUT2D eigenvalue weighted by molar-refractivity contribution is 5.97. The van der Waals surface area contributed by atoms with E-state index in [9.17, 15) is 14.4 Å². The molecule has 154 valence electrons. The Hall–Kier alpha value is -2.37. The van der Waals surface area contributed by atoms with Crippen molar-refractivity contribution in [1.82, 2.24) is 4.90 Å². The third-order valence-corrected chi connectivity index (χ3v) is 4.96. The number of aryl methyl sites for hydroxylation is 2. The molecule has 1 aromatic carbocycles. The van der Waals surface area contributed by atoms with Crippen LogP contribution in [0, 0.1) is 13.8 Å². The van der Waals surface area contributed by atoms with Crippen LogP contribution in [0.2, 0.25) is 0 Å². The number of hydrogen-bond acceptors (Lipinski definition) is 5. The Balaban J connectivity index is 2.27. The first-order chi connectivity index (χ1) is 13.0. The number of ether oxygens (including phenoxy) is 2. The van der Waals surface area contributed by atoms with Crippen LogP contribution in [0.4, 0.5) is 4.79 Å². The fourth-order valence-corrected chi connectivity index (χ4v) is 3.27. The van der Waals surface area contributed by atoms with E-state index < -0.39 is 17.6 Å². The molecule has 1 heterocycles. The van der Waals surface area contributed by atoms with Crippen LogP contribution in [0.3, 0.4) is 0 Å². The van der Waals surface area contributed by atoms with E-state index in [1.165, 1.54) is 4.90 Å². The van der Waals surface area contributed by atoms with Gasteiger partial charge in [-0.1, -0.05) is 25.1 Å². The number of carbonyl (C=O) groups is 3. The number of amides is 2. The third-order valence-electron chi connectivity index (χ3n) is 4.96. The maximum atomic E-state index is 13.3. The van der Waals surface area contributed by atoms with E-state index in [0.29, 0.717) is 6.42 Å². The zero-order valence-electron chi connectivity index (χ0n) is 17.7. The molecule has 2 atom stereocenters. The van der Waals surface area contributed by atoms with Crippen molar-refractivity contribution in [3.05, 3.63) is 34.9 Å². The Bertz CT molecular complexity index is 750. The van der Waals surface area contributed by atoms with Gasteiger partial charge in [0, 0.05) is 6.42 Å². The molecular formula is C22H31NO5. The monoisotopic (exact) mass is 389 g/mol. The maximum absolute atomic E-state index is 13.3. The van der Waals surface area contributed by atoms with Crippen LogP contribution >= 0.6 is 0 Å². The van der Waals surface area contributed by atoms with E-state index in [0.717, 1.165) is 16.7 Å². The van der Waals surface area contributed by atoms with E-state index >= 15 is 0 Å². The second-order valence-corrected chi connectivity index (χ2v) is 8.37. The Morgan fingerprint density at radius 3 is 2.50 bits per heavy atom. The molecule has 2 rings (SSSR count). The topological polar surface area (TPSA) is 72.9 Å². The van der Waals surface area contributed by atoms with E-state index in [1.54, 1.807) is 0 Å². The summed E-state index contributed by atoms with van der Waals surface area (Å²) in [6, 6.07) is 5.53. The van der Waals surface area contributed by atoms with Crippen molar-refractivity contribution in [2.45, 2.75) is 78.4 Å². The van der Waals surface area contributed by atoms with Gasteiger partial charge >= 0.3 is 12.1 Å². The average molecular weight is 389 g/mol. The molecule has 0 bridgehead atoms. The normalized spacial score (nSPS) is 18.0.